The van der Waals surface area contributed by atoms with Gasteiger partial charge in [0.1, 0.15) is 0 Å². The summed E-state index contributed by atoms with van der Waals surface area (Å²) in [5, 5.41) is 0. The molecule has 0 radical (unpaired) electrons. The zero-order valence-electron chi connectivity index (χ0n) is 16.2. The minimum absolute atomic E-state index is 0.177. The lowest BCUT2D eigenvalue weighted by Crippen LogP contribution is -2.48. The number of benzene rings is 2. The van der Waals surface area contributed by atoms with Crippen molar-refractivity contribution in [2.45, 2.75) is 32.2 Å². The molecule has 5 heteroatoms. The lowest BCUT2D eigenvalue weighted by atomic mass is 9.90. The molecule has 3 aliphatic rings. The Balaban J connectivity index is 1.19. The summed E-state index contributed by atoms with van der Waals surface area (Å²) in [6, 6.07) is 12.5. The van der Waals surface area contributed by atoms with Gasteiger partial charge in [0.15, 0.2) is 11.5 Å². The zero-order chi connectivity index (χ0) is 18.9. The van der Waals surface area contributed by atoms with E-state index in [0.29, 0.717) is 6.79 Å². The fraction of sp³-hybridized carbons (Fsp3) is 0.435. The molecule has 0 spiro atoms. The predicted molar refractivity (Wildman–Crippen MR) is 107 cm³/mol. The number of piperazine rings is 1. The summed E-state index contributed by atoms with van der Waals surface area (Å²) in [7, 11) is 0. The molecule has 2 aromatic rings. The van der Waals surface area contributed by atoms with Crippen LogP contribution in [-0.4, -0.2) is 48.7 Å². The summed E-state index contributed by atoms with van der Waals surface area (Å²) in [5.41, 5.74) is 4.87. The molecule has 28 heavy (non-hydrogen) atoms. The molecule has 2 aliphatic heterocycles. The third kappa shape index (κ3) is 3.47. The number of fused-ring (bicyclic) bond motifs is 2. The minimum atomic E-state index is 0.177. The molecule has 0 N–H and O–H groups in total. The standard InChI is InChI=1S/C23H26N2O3/c26-23(20-7-6-18-3-1-2-4-19(18)14-20)25-11-9-24(10-12-25)15-17-5-8-21-22(13-17)28-16-27-21/h5-8,13-14H,1-4,9-12,15-16H2. The van der Waals surface area contributed by atoms with Crippen LogP contribution >= 0.6 is 0 Å². The van der Waals surface area contributed by atoms with Gasteiger partial charge in [-0.15, -0.1) is 0 Å². The molecule has 1 fully saturated rings. The van der Waals surface area contributed by atoms with E-state index in [4.69, 9.17) is 9.47 Å². The Labute approximate surface area is 165 Å². The average Bonchev–Trinajstić information content (AvgIpc) is 3.21. The van der Waals surface area contributed by atoms with Crippen LogP contribution in [0.4, 0.5) is 0 Å². The molecule has 2 aromatic carbocycles. The molecule has 0 atom stereocenters. The molecule has 0 aromatic heterocycles. The largest absolute Gasteiger partial charge is 0.454 e. The van der Waals surface area contributed by atoms with Crippen molar-refractivity contribution in [1.82, 2.24) is 9.80 Å². The van der Waals surface area contributed by atoms with Crippen molar-refractivity contribution in [2.75, 3.05) is 33.0 Å². The lowest BCUT2D eigenvalue weighted by Gasteiger charge is -2.35. The second-order valence-corrected chi connectivity index (χ2v) is 7.95. The summed E-state index contributed by atoms with van der Waals surface area (Å²) in [6.45, 7) is 4.52. The molecular weight excluding hydrogens is 352 g/mol. The normalized spacial score (nSPS) is 18.8. The SMILES string of the molecule is O=C(c1ccc2c(c1)CCCC2)N1CCN(Cc2ccc3c(c2)OCO3)CC1. The fourth-order valence-corrected chi connectivity index (χ4v) is 4.46. The first-order valence-electron chi connectivity index (χ1n) is 10.3. The van der Waals surface area contributed by atoms with Crippen LogP contribution in [0.25, 0.3) is 0 Å². The number of rotatable bonds is 3. The van der Waals surface area contributed by atoms with E-state index in [-0.39, 0.29) is 5.91 Å². The first-order valence-corrected chi connectivity index (χ1v) is 10.3. The van der Waals surface area contributed by atoms with Gasteiger partial charge in [0.2, 0.25) is 6.79 Å². The van der Waals surface area contributed by atoms with Crippen molar-refractivity contribution in [3.8, 4) is 11.5 Å². The smallest absolute Gasteiger partial charge is 0.253 e. The quantitative estimate of drug-likeness (QED) is 0.822. The van der Waals surface area contributed by atoms with E-state index < -0.39 is 0 Å². The van der Waals surface area contributed by atoms with Gasteiger partial charge in [-0.3, -0.25) is 9.69 Å². The van der Waals surface area contributed by atoms with Crippen molar-refractivity contribution >= 4 is 5.91 Å². The van der Waals surface area contributed by atoms with Gasteiger partial charge in [0, 0.05) is 38.3 Å². The van der Waals surface area contributed by atoms with Gasteiger partial charge >= 0.3 is 0 Å². The fourth-order valence-electron chi connectivity index (χ4n) is 4.46. The average molecular weight is 378 g/mol. The van der Waals surface area contributed by atoms with E-state index in [2.05, 4.69) is 29.2 Å². The van der Waals surface area contributed by atoms with Gasteiger partial charge in [0.25, 0.3) is 5.91 Å². The molecule has 1 amide bonds. The van der Waals surface area contributed by atoms with Crippen molar-refractivity contribution in [3.63, 3.8) is 0 Å². The second kappa shape index (κ2) is 7.47. The van der Waals surface area contributed by atoms with Crippen LogP contribution in [0.1, 0.15) is 39.9 Å². The van der Waals surface area contributed by atoms with Crippen LogP contribution < -0.4 is 9.47 Å². The highest BCUT2D eigenvalue weighted by Gasteiger charge is 2.23. The Bertz CT molecular complexity index is 887. The number of aryl methyl sites for hydroxylation is 2. The maximum absolute atomic E-state index is 13.0. The van der Waals surface area contributed by atoms with Crippen LogP contribution in [0.2, 0.25) is 0 Å². The van der Waals surface area contributed by atoms with Gasteiger partial charge in [-0.05, 0) is 66.6 Å². The Morgan fingerprint density at radius 1 is 0.857 bits per heavy atom. The van der Waals surface area contributed by atoms with Gasteiger partial charge in [-0.25, -0.2) is 0 Å². The Morgan fingerprint density at radius 3 is 2.50 bits per heavy atom. The van der Waals surface area contributed by atoms with Gasteiger partial charge in [-0.1, -0.05) is 12.1 Å². The molecule has 146 valence electrons. The highest BCUT2D eigenvalue weighted by Crippen LogP contribution is 2.33. The number of hydrogen-bond donors (Lipinski definition) is 0. The van der Waals surface area contributed by atoms with E-state index in [1.807, 2.05) is 17.0 Å². The summed E-state index contributed by atoms with van der Waals surface area (Å²) >= 11 is 0. The van der Waals surface area contributed by atoms with Gasteiger partial charge in [-0.2, -0.15) is 0 Å². The van der Waals surface area contributed by atoms with Crippen molar-refractivity contribution in [3.05, 3.63) is 58.7 Å². The molecular formula is C23H26N2O3. The van der Waals surface area contributed by atoms with Crippen molar-refractivity contribution in [1.29, 1.82) is 0 Å². The summed E-state index contributed by atoms with van der Waals surface area (Å²) in [6.07, 6.45) is 4.77. The van der Waals surface area contributed by atoms with Gasteiger partial charge in [0.05, 0.1) is 0 Å². The van der Waals surface area contributed by atoms with Gasteiger partial charge < -0.3 is 14.4 Å². The highest BCUT2D eigenvalue weighted by molar-refractivity contribution is 5.94. The Kier molecular flexibility index (Phi) is 4.69. The maximum Gasteiger partial charge on any atom is 0.253 e. The lowest BCUT2D eigenvalue weighted by molar-refractivity contribution is 0.0628. The minimum Gasteiger partial charge on any atom is -0.454 e. The molecule has 5 nitrogen and oxygen atoms in total. The van der Waals surface area contributed by atoms with E-state index in [1.54, 1.807) is 0 Å². The third-order valence-electron chi connectivity index (χ3n) is 6.10. The number of nitrogens with zero attached hydrogens (tertiary/aromatic N) is 2. The Morgan fingerprint density at radius 2 is 1.64 bits per heavy atom. The van der Waals surface area contributed by atoms with Crippen LogP contribution in [-0.2, 0) is 19.4 Å². The third-order valence-corrected chi connectivity index (χ3v) is 6.10. The number of carbonyl (C=O) groups is 1. The molecule has 0 bridgehead atoms. The van der Waals surface area contributed by atoms with E-state index in [9.17, 15) is 4.79 Å². The summed E-state index contributed by atoms with van der Waals surface area (Å²) in [4.78, 5) is 17.4. The number of ether oxygens (including phenoxy) is 2. The second-order valence-electron chi connectivity index (χ2n) is 7.95. The predicted octanol–water partition coefficient (Wildman–Crippen LogP) is 3.25. The molecule has 1 saturated heterocycles. The molecule has 0 saturated carbocycles. The van der Waals surface area contributed by atoms with Crippen LogP contribution in [0.3, 0.4) is 0 Å². The first-order chi connectivity index (χ1) is 13.8. The summed E-state index contributed by atoms with van der Waals surface area (Å²) < 4.78 is 10.9. The topological polar surface area (TPSA) is 42.0 Å². The van der Waals surface area contributed by atoms with Crippen LogP contribution in [0, 0.1) is 0 Å². The van der Waals surface area contributed by atoms with E-state index in [0.717, 1.165) is 62.6 Å². The van der Waals surface area contributed by atoms with E-state index >= 15 is 0 Å². The molecule has 2 heterocycles. The first kappa shape index (κ1) is 17.6. The molecule has 0 unspecified atom stereocenters. The number of hydrogen-bond acceptors (Lipinski definition) is 4. The Hall–Kier alpha value is -2.53. The zero-order valence-corrected chi connectivity index (χ0v) is 16.2. The number of carbonyl (C=O) groups excluding carboxylic acids is 1. The maximum atomic E-state index is 13.0. The van der Waals surface area contributed by atoms with Crippen molar-refractivity contribution < 1.29 is 14.3 Å². The monoisotopic (exact) mass is 378 g/mol. The number of amides is 1. The van der Waals surface area contributed by atoms with Crippen molar-refractivity contribution in [2.24, 2.45) is 0 Å². The van der Waals surface area contributed by atoms with Crippen LogP contribution in [0.15, 0.2) is 36.4 Å². The highest BCUT2D eigenvalue weighted by atomic mass is 16.7. The van der Waals surface area contributed by atoms with E-state index in [1.165, 1.54) is 29.5 Å². The van der Waals surface area contributed by atoms with Crippen LogP contribution in [0.5, 0.6) is 11.5 Å². The molecule has 5 rings (SSSR count). The molecule has 1 aliphatic carbocycles. The summed E-state index contributed by atoms with van der Waals surface area (Å²) in [5.74, 6) is 1.83.